The molecule has 2 atom stereocenters. The second kappa shape index (κ2) is 4.54. The van der Waals surface area contributed by atoms with Gasteiger partial charge in [-0.25, -0.2) is 0 Å². The van der Waals surface area contributed by atoms with Crippen LogP contribution in [-0.2, 0) is 4.79 Å². The highest BCUT2D eigenvalue weighted by atomic mass is 16.4. The lowest BCUT2D eigenvalue weighted by Crippen LogP contribution is -2.33. The molecule has 1 N–H and O–H groups in total. The van der Waals surface area contributed by atoms with Crippen molar-refractivity contribution in [2.45, 2.75) is 54.9 Å². The lowest BCUT2D eigenvalue weighted by molar-refractivity contribution is -0.145. The first-order valence-corrected chi connectivity index (χ1v) is 5.71. The van der Waals surface area contributed by atoms with Crippen LogP contribution in [0, 0.1) is 22.7 Å². The number of hydrogen-bond donors (Lipinski definition) is 1. The van der Waals surface area contributed by atoms with E-state index in [0.29, 0.717) is 5.92 Å². The van der Waals surface area contributed by atoms with E-state index >= 15 is 0 Å². The van der Waals surface area contributed by atoms with Crippen molar-refractivity contribution in [1.29, 1.82) is 0 Å². The first-order chi connectivity index (χ1) is 6.48. The van der Waals surface area contributed by atoms with Crippen molar-refractivity contribution in [1.82, 2.24) is 0 Å². The minimum atomic E-state index is -0.693. The van der Waals surface area contributed by atoms with Crippen LogP contribution >= 0.6 is 0 Å². The molecule has 0 radical (unpaired) electrons. The van der Waals surface area contributed by atoms with Gasteiger partial charge in [0, 0.05) is 0 Å². The van der Waals surface area contributed by atoms with Gasteiger partial charge in [0.15, 0.2) is 0 Å². The van der Waals surface area contributed by atoms with Crippen molar-refractivity contribution in [3.05, 3.63) is 0 Å². The quantitative estimate of drug-likeness (QED) is 0.772. The van der Waals surface area contributed by atoms with E-state index in [0.717, 1.165) is 6.42 Å². The largest absolute Gasteiger partial charge is 0.481 e. The molecule has 0 saturated carbocycles. The highest BCUT2D eigenvalue weighted by molar-refractivity contribution is 5.70. The summed E-state index contributed by atoms with van der Waals surface area (Å²) in [5.74, 6) is -0.460. The number of aliphatic carboxylic acids is 1. The Balaban J connectivity index is 4.57. The van der Waals surface area contributed by atoms with E-state index in [1.54, 1.807) is 6.92 Å². The molecule has 0 heterocycles. The van der Waals surface area contributed by atoms with Crippen molar-refractivity contribution >= 4 is 5.97 Å². The van der Waals surface area contributed by atoms with E-state index in [9.17, 15) is 4.79 Å². The maximum absolute atomic E-state index is 11.0. The van der Waals surface area contributed by atoms with Crippen LogP contribution in [0.25, 0.3) is 0 Å². The fourth-order valence-electron chi connectivity index (χ4n) is 1.61. The molecule has 0 aromatic rings. The van der Waals surface area contributed by atoms with Gasteiger partial charge in [0.05, 0.1) is 5.92 Å². The Morgan fingerprint density at radius 1 is 1.13 bits per heavy atom. The zero-order valence-corrected chi connectivity index (χ0v) is 11.2. The number of hydrogen-bond acceptors (Lipinski definition) is 1. The van der Waals surface area contributed by atoms with Crippen molar-refractivity contribution in [2.75, 3.05) is 0 Å². The summed E-state index contributed by atoms with van der Waals surface area (Å²) in [4.78, 5) is 11.0. The van der Waals surface area contributed by atoms with Crippen LogP contribution in [0.4, 0.5) is 0 Å². The SMILES string of the molecule is CC(CC(C)(C)C(C)C(=O)O)C(C)(C)C. The van der Waals surface area contributed by atoms with Crippen LogP contribution < -0.4 is 0 Å². The van der Waals surface area contributed by atoms with Gasteiger partial charge in [0.2, 0.25) is 0 Å². The maximum atomic E-state index is 11.0. The summed E-state index contributed by atoms with van der Waals surface area (Å²) in [6.45, 7) is 14.7. The van der Waals surface area contributed by atoms with Gasteiger partial charge in [-0.3, -0.25) is 4.79 Å². The van der Waals surface area contributed by atoms with Crippen molar-refractivity contribution < 1.29 is 9.90 Å². The molecule has 0 aliphatic rings. The molecule has 2 unspecified atom stereocenters. The standard InChI is InChI=1S/C13H26O2/c1-9(12(3,4)5)8-13(6,7)10(2)11(14)15/h9-10H,8H2,1-7H3,(H,14,15). The molecule has 2 nitrogen and oxygen atoms in total. The third kappa shape index (κ3) is 4.23. The molecule has 0 rings (SSSR count). The third-order valence-electron chi connectivity index (χ3n) is 3.85. The Hall–Kier alpha value is -0.530. The molecule has 15 heavy (non-hydrogen) atoms. The van der Waals surface area contributed by atoms with Gasteiger partial charge in [-0.2, -0.15) is 0 Å². The first kappa shape index (κ1) is 14.5. The average Bonchev–Trinajstić information content (AvgIpc) is 2.00. The van der Waals surface area contributed by atoms with Gasteiger partial charge < -0.3 is 5.11 Å². The first-order valence-electron chi connectivity index (χ1n) is 5.71. The van der Waals surface area contributed by atoms with E-state index < -0.39 is 5.97 Å². The van der Waals surface area contributed by atoms with E-state index in [1.807, 2.05) is 13.8 Å². The zero-order valence-electron chi connectivity index (χ0n) is 11.2. The van der Waals surface area contributed by atoms with E-state index in [4.69, 9.17) is 5.11 Å². The highest BCUT2D eigenvalue weighted by Gasteiger charge is 2.35. The molecule has 0 aromatic carbocycles. The van der Waals surface area contributed by atoms with E-state index in [-0.39, 0.29) is 16.7 Å². The predicted molar refractivity (Wildman–Crippen MR) is 63.8 cm³/mol. The minimum absolute atomic E-state index is 0.140. The zero-order chi connectivity index (χ0) is 12.4. The smallest absolute Gasteiger partial charge is 0.306 e. The summed E-state index contributed by atoms with van der Waals surface area (Å²) in [6, 6.07) is 0. The van der Waals surface area contributed by atoms with Gasteiger partial charge in [-0.05, 0) is 23.2 Å². The van der Waals surface area contributed by atoms with Gasteiger partial charge in [-0.1, -0.05) is 48.5 Å². The van der Waals surface area contributed by atoms with Crippen LogP contribution in [0.5, 0.6) is 0 Å². The Morgan fingerprint density at radius 3 is 1.80 bits per heavy atom. The number of carbonyl (C=O) groups is 1. The van der Waals surface area contributed by atoms with Gasteiger partial charge in [0.25, 0.3) is 0 Å². The van der Waals surface area contributed by atoms with Crippen LogP contribution in [0.2, 0.25) is 0 Å². The van der Waals surface area contributed by atoms with Gasteiger partial charge >= 0.3 is 5.97 Å². The topological polar surface area (TPSA) is 37.3 Å². The normalized spacial score (nSPS) is 17.3. The van der Waals surface area contributed by atoms with Crippen molar-refractivity contribution in [3.8, 4) is 0 Å². The minimum Gasteiger partial charge on any atom is -0.481 e. The average molecular weight is 214 g/mol. The maximum Gasteiger partial charge on any atom is 0.306 e. The number of carboxylic acid groups (broad SMARTS) is 1. The molecule has 90 valence electrons. The molecule has 0 saturated heterocycles. The van der Waals surface area contributed by atoms with E-state index in [1.165, 1.54) is 0 Å². The monoisotopic (exact) mass is 214 g/mol. The second-order valence-corrected chi connectivity index (χ2v) is 6.52. The van der Waals surface area contributed by atoms with Crippen LogP contribution in [0.3, 0.4) is 0 Å². The molecule has 0 spiro atoms. The summed E-state index contributed by atoms with van der Waals surface area (Å²) >= 11 is 0. The number of carboxylic acids is 1. The summed E-state index contributed by atoms with van der Waals surface area (Å²) < 4.78 is 0. The molecular formula is C13H26O2. The molecule has 0 aromatic heterocycles. The molecule has 0 fully saturated rings. The summed E-state index contributed by atoms with van der Waals surface area (Å²) in [5.41, 5.74) is 0.105. The molecule has 0 bridgehead atoms. The lowest BCUT2D eigenvalue weighted by atomic mass is 9.68. The molecular weight excluding hydrogens is 188 g/mol. The Kier molecular flexibility index (Phi) is 4.38. The molecule has 2 heteroatoms. The summed E-state index contributed by atoms with van der Waals surface area (Å²) in [5, 5.41) is 9.03. The Morgan fingerprint density at radius 2 is 1.53 bits per heavy atom. The Bertz CT molecular complexity index is 223. The van der Waals surface area contributed by atoms with E-state index in [2.05, 4.69) is 27.7 Å². The van der Waals surface area contributed by atoms with Crippen LogP contribution in [0.1, 0.15) is 54.9 Å². The summed E-state index contributed by atoms with van der Waals surface area (Å²) in [6.07, 6.45) is 0.948. The van der Waals surface area contributed by atoms with Crippen molar-refractivity contribution in [3.63, 3.8) is 0 Å². The molecule has 0 aliphatic carbocycles. The third-order valence-corrected chi connectivity index (χ3v) is 3.85. The predicted octanol–water partition coefficient (Wildman–Crippen LogP) is 3.81. The number of rotatable bonds is 4. The summed E-state index contributed by atoms with van der Waals surface area (Å²) in [7, 11) is 0. The molecule has 0 aliphatic heterocycles. The fourth-order valence-corrected chi connectivity index (χ4v) is 1.61. The van der Waals surface area contributed by atoms with Gasteiger partial charge in [0.1, 0.15) is 0 Å². The van der Waals surface area contributed by atoms with Crippen LogP contribution in [0.15, 0.2) is 0 Å². The lowest BCUT2D eigenvalue weighted by Gasteiger charge is -2.37. The molecule has 0 amide bonds. The fraction of sp³-hybridized carbons (Fsp3) is 0.923. The Labute approximate surface area is 94.1 Å². The van der Waals surface area contributed by atoms with Gasteiger partial charge in [-0.15, -0.1) is 0 Å². The second-order valence-electron chi connectivity index (χ2n) is 6.52. The van der Waals surface area contributed by atoms with Crippen molar-refractivity contribution in [2.24, 2.45) is 22.7 Å². The van der Waals surface area contributed by atoms with Crippen LogP contribution in [-0.4, -0.2) is 11.1 Å². The highest BCUT2D eigenvalue weighted by Crippen LogP contribution is 2.40.